The van der Waals surface area contributed by atoms with Crippen molar-refractivity contribution in [1.29, 1.82) is 0 Å². The number of hydrogen-bond acceptors (Lipinski definition) is 4. The van der Waals surface area contributed by atoms with E-state index in [4.69, 9.17) is 0 Å². The highest BCUT2D eigenvalue weighted by molar-refractivity contribution is 7.80. The largest absolute Gasteiger partial charge is 0.726 e. The highest BCUT2D eigenvalue weighted by Crippen LogP contribution is 2.23. The molecular formula is C4H5F4O4S-. The van der Waals surface area contributed by atoms with Crippen LogP contribution in [0.4, 0.5) is 17.6 Å². The average molecular weight is 225 g/mol. The quantitative estimate of drug-likeness (QED) is 0.402. The van der Waals surface area contributed by atoms with Crippen molar-refractivity contribution in [1.82, 2.24) is 0 Å². The van der Waals surface area contributed by atoms with E-state index in [1.807, 2.05) is 0 Å². The molecule has 1 unspecified atom stereocenters. The highest BCUT2D eigenvalue weighted by Gasteiger charge is 2.32. The summed E-state index contributed by atoms with van der Waals surface area (Å²) in [5.41, 5.74) is 0. The Kier molecular flexibility index (Phi) is 4.07. The van der Waals surface area contributed by atoms with Crippen LogP contribution < -0.4 is 0 Å². The SMILES string of the molecule is O=S(=O)([O-])OCC(F)CC(F)(F)F. The molecule has 0 amide bonds. The lowest BCUT2D eigenvalue weighted by Crippen LogP contribution is -2.22. The second-order valence-corrected chi connectivity index (χ2v) is 3.16. The van der Waals surface area contributed by atoms with Crippen molar-refractivity contribution in [3.05, 3.63) is 0 Å². The van der Waals surface area contributed by atoms with Gasteiger partial charge in [-0.05, 0) is 0 Å². The van der Waals surface area contributed by atoms with Gasteiger partial charge in [-0.25, -0.2) is 12.8 Å². The van der Waals surface area contributed by atoms with Crippen molar-refractivity contribution in [2.45, 2.75) is 18.8 Å². The number of hydrogen-bond donors (Lipinski definition) is 0. The first-order valence-corrected chi connectivity index (χ1v) is 4.24. The fourth-order valence-electron chi connectivity index (χ4n) is 0.467. The maximum Gasteiger partial charge on any atom is 0.391 e. The van der Waals surface area contributed by atoms with Crippen LogP contribution in [0, 0.1) is 0 Å². The van der Waals surface area contributed by atoms with E-state index in [9.17, 15) is 30.5 Å². The molecule has 0 bridgehead atoms. The Balaban J connectivity index is 3.84. The third kappa shape index (κ3) is 9.50. The molecule has 0 radical (unpaired) electrons. The summed E-state index contributed by atoms with van der Waals surface area (Å²) in [6, 6.07) is 0. The van der Waals surface area contributed by atoms with E-state index in [0.717, 1.165) is 0 Å². The molecule has 80 valence electrons. The minimum Gasteiger partial charge on any atom is -0.726 e. The fraction of sp³-hybridized carbons (Fsp3) is 1.00. The Labute approximate surface area is 71.4 Å². The first-order chi connectivity index (χ1) is 5.60. The average Bonchev–Trinajstić information content (AvgIpc) is 1.78. The van der Waals surface area contributed by atoms with Crippen LogP contribution in [-0.2, 0) is 14.6 Å². The summed E-state index contributed by atoms with van der Waals surface area (Å²) in [5.74, 6) is 0. The van der Waals surface area contributed by atoms with Gasteiger partial charge in [0.25, 0.3) is 0 Å². The minimum absolute atomic E-state index is 1.41. The van der Waals surface area contributed by atoms with Gasteiger partial charge in [-0.1, -0.05) is 0 Å². The van der Waals surface area contributed by atoms with E-state index in [2.05, 4.69) is 4.18 Å². The van der Waals surface area contributed by atoms with E-state index in [-0.39, 0.29) is 0 Å². The van der Waals surface area contributed by atoms with Gasteiger partial charge >= 0.3 is 6.18 Å². The molecule has 0 rings (SSSR count). The summed E-state index contributed by atoms with van der Waals surface area (Å²) < 4.78 is 78.7. The van der Waals surface area contributed by atoms with Crippen LogP contribution in [0.5, 0.6) is 0 Å². The third-order valence-electron chi connectivity index (χ3n) is 0.846. The molecule has 1 atom stereocenters. The lowest BCUT2D eigenvalue weighted by Gasteiger charge is -2.12. The topological polar surface area (TPSA) is 66.4 Å². The van der Waals surface area contributed by atoms with Gasteiger partial charge in [-0.2, -0.15) is 13.2 Å². The summed E-state index contributed by atoms with van der Waals surface area (Å²) in [6.45, 7) is -1.41. The molecule has 4 nitrogen and oxygen atoms in total. The monoisotopic (exact) mass is 225 g/mol. The van der Waals surface area contributed by atoms with E-state index >= 15 is 0 Å². The summed E-state index contributed by atoms with van der Waals surface area (Å²) >= 11 is 0. The smallest absolute Gasteiger partial charge is 0.391 e. The molecule has 0 aromatic rings. The first kappa shape index (κ1) is 12.6. The van der Waals surface area contributed by atoms with Crippen molar-refractivity contribution in [3.8, 4) is 0 Å². The zero-order valence-corrected chi connectivity index (χ0v) is 6.86. The lowest BCUT2D eigenvalue weighted by atomic mass is 10.3. The Morgan fingerprint density at radius 2 is 1.85 bits per heavy atom. The van der Waals surface area contributed by atoms with Gasteiger partial charge < -0.3 is 4.55 Å². The van der Waals surface area contributed by atoms with E-state index in [1.165, 1.54) is 0 Å². The molecule has 0 aliphatic carbocycles. The van der Waals surface area contributed by atoms with E-state index in [1.54, 1.807) is 0 Å². The second kappa shape index (κ2) is 4.20. The Hall–Kier alpha value is -0.410. The van der Waals surface area contributed by atoms with Crippen molar-refractivity contribution in [2.24, 2.45) is 0 Å². The molecular weight excluding hydrogens is 220 g/mol. The molecule has 0 aliphatic heterocycles. The van der Waals surface area contributed by atoms with Crippen molar-refractivity contribution < 1.29 is 34.7 Å². The van der Waals surface area contributed by atoms with Crippen molar-refractivity contribution in [3.63, 3.8) is 0 Å². The van der Waals surface area contributed by atoms with Gasteiger partial charge in [0.15, 0.2) is 0 Å². The molecule has 0 saturated heterocycles. The highest BCUT2D eigenvalue weighted by atomic mass is 32.3. The van der Waals surface area contributed by atoms with Gasteiger partial charge in [-0.3, -0.25) is 4.18 Å². The Morgan fingerprint density at radius 3 is 2.15 bits per heavy atom. The van der Waals surface area contributed by atoms with Gasteiger partial charge in [0.1, 0.15) is 6.17 Å². The zero-order valence-electron chi connectivity index (χ0n) is 6.04. The van der Waals surface area contributed by atoms with Crippen molar-refractivity contribution >= 4 is 10.4 Å². The Morgan fingerprint density at radius 1 is 1.38 bits per heavy atom. The van der Waals surface area contributed by atoms with Crippen LogP contribution in [0.1, 0.15) is 6.42 Å². The summed E-state index contributed by atoms with van der Waals surface area (Å²) in [4.78, 5) is 0. The summed E-state index contributed by atoms with van der Waals surface area (Å²) in [5, 5.41) is 0. The van der Waals surface area contributed by atoms with E-state index in [0.29, 0.717) is 0 Å². The van der Waals surface area contributed by atoms with E-state index < -0.39 is 35.8 Å². The Bertz CT molecular complexity index is 245. The van der Waals surface area contributed by atoms with Crippen LogP contribution in [0.25, 0.3) is 0 Å². The van der Waals surface area contributed by atoms with Crippen molar-refractivity contribution in [2.75, 3.05) is 6.61 Å². The summed E-state index contributed by atoms with van der Waals surface area (Å²) in [6.07, 6.45) is -9.15. The molecule has 9 heteroatoms. The van der Waals surface area contributed by atoms with Crippen LogP contribution in [-0.4, -0.2) is 31.9 Å². The normalized spacial score (nSPS) is 15.8. The van der Waals surface area contributed by atoms with Gasteiger partial charge in [-0.15, -0.1) is 0 Å². The van der Waals surface area contributed by atoms with Gasteiger partial charge in [0.05, 0.1) is 13.0 Å². The lowest BCUT2D eigenvalue weighted by molar-refractivity contribution is -0.148. The molecule has 0 aliphatic rings. The predicted octanol–water partition coefficient (Wildman–Crippen LogP) is 0.754. The predicted molar refractivity (Wildman–Crippen MR) is 31.2 cm³/mol. The molecule has 0 aromatic heterocycles. The zero-order chi connectivity index (χ0) is 10.7. The standard InChI is InChI=1S/C4H6F4O4S/c5-3(1-4(6,7)8)2-12-13(9,10)11/h3H,1-2H2,(H,9,10,11)/p-1. The molecule has 13 heavy (non-hydrogen) atoms. The minimum atomic E-state index is -5.13. The molecule has 0 saturated carbocycles. The molecule has 0 spiro atoms. The maximum absolute atomic E-state index is 12.2. The molecule has 0 heterocycles. The fourth-order valence-corrected chi connectivity index (χ4v) is 0.782. The molecule has 0 aromatic carbocycles. The van der Waals surface area contributed by atoms with Crippen LogP contribution >= 0.6 is 0 Å². The first-order valence-electron chi connectivity index (χ1n) is 2.91. The van der Waals surface area contributed by atoms with Gasteiger partial charge in [0.2, 0.25) is 10.4 Å². The van der Waals surface area contributed by atoms with Crippen LogP contribution in [0.15, 0.2) is 0 Å². The van der Waals surface area contributed by atoms with Crippen LogP contribution in [0.2, 0.25) is 0 Å². The maximum atomic E-state index is 12.2. The van der Waals surface area contributed by atoms with Gasteiger partial charge in [0, 0.05) is 0 Å². The molecule has 0 fully saturated rings. The second-order valence-electron chi connectivity index (χ2n) is 2.11. The molecule has 0 N–H and O–H groups in total. The number of halogens is 4. The summed E-state index contributed by atoms with van der Waals surface area (Å²) in [7, 11) is -5.13. The third-order valence-corrected chi connectivity index (χ3v) is 1.27. The van der Waals surface area contributed by atoms with Crippen LogP contribution in [0.3, 0.4) is 0 Å². The number of alkyl halides is 4. The number of rotatable bonds is 4.